The summed E-state index contributed by atoms with van der Waals surface area (Å²) in [5, 5.41) is 3.47. The molecule has 0 aliphatic carbocycles. The molecule has 0 amide bonds. The molecule has 5 heteroatoms. The Morgan fingerprint density at radius 3 is 2.70 bits per heavy atom. The van der Waals surface area contributed by atoms with Gasteiger partial charge >= 0.3 is 5.97 Å². The zero-order valence-electron chi connectivity index (χ0n) is 12.5. The zero-order valence-corrected chi connectivity index (χ0v) is 14.9. The Labute approximate surface area is 134 Å². The average Bonchev–Trinajstić information content (AvgIpc) is 2.34. The average molecular weight is 360 g/mol. The third-order valence-corrected chi connectivity index (χ3v) is 4.05. The number of ether oxygens (including phenoxy) is 1. The molecule has 0 heterocycles. The van der Waals surface area contributed by atoms with Crippen LogP contribution in [0, 0.1) is 0 Å². The van der Waals surface area contributed by atoms with Gasteiger partial charge in [-0.3, -0.25) is 4.79 Å². The monoisotopic (exact) mass is 359 g/mol. The third-order valence-electron chi connectivity index (χ3n) is 2.49. The van der Waals surface area contributed by atoms with E-state index in [0.29, 0.717) is 12.4 Å². The van der Waals surface area contributed by atoms with Crippen LogP contribution in [-0.2, 0) is 16.1 Å². The quantitative estimate of drug-likeness (QED) is 0.615. The fourth-order valence-electron chi connectivity index (χ4n) is 1.51. The van der Waals surface area contributed by atoms with Crippen molar-refractivity contribution in [2.75, 3.05) is 12.4 Å². The number of hydrogen-bond donors (Lipinski definition) is 1. The van der Waals surface area contributed by atoms with Gasteiger partial charge in [0.2, 0.25) is 0 Å². The second-order valence-corrected chi connectivity index (χ2v) is 7.38. The first kappa shape index (κ1) is 17.5. The molecule has 0 saturated heterocycles. The molecule has 0 fully saturated rings. The second-order valence-electron chi connectivity index (χ2n) is 5.45. The van der Waals surface area contributed by atoms with Gasteiger partial charge in [0.05, 0.1) is 12.4 Å². The summed E-state index contributed by atoms with van der Waals surface area (Å²) in [5.74, 6) is 0.166. The molecule has 1 aromatic rings. The van der Waals surface area contributed by atoms with Crippen LogP contribution >= 0.6 is 27.7 Å². The first-order chi connectivity index (χ1) is 9.31. The Bertz CT molecular complexity index is 458. The van der Waals surface area contributed by atoms with Crippen molar-refractivity contribution in [3.05, 3.63) is 28.2 Å². The maximum atomic E-state index is 11.5. The Balaban J connectivity index is 2.72. The molecule has 0 radical (unpaired) electrons. The lowest BCUT2D eigenvalue weighted by atomic mass is 10.1. The molecular weight excluding hydrogens is 338 g/mol. The highest BCUT2D eigenvalue weighted by Crippen LogP contribution is 2.27. The molecule has 0 bridgehead atoms. The van der Waals surface area contributed by atoms with E-state index in [1.165, 1.54) is 17.3 Å². The van der Waals surface area contributed by atoms with Crippen molar-refractivity contribution in [3.8, 4) is 0 Å². The van der Waals surface area contributed by atoms with Gasteiger partial charge in [-0.15, -0.1) is 11.8 Å². The van der Waals surface area contributed by atoms with E-state index in [-0.39, 0.29) is 11.5 Å². The highest BCUT2D eigenvalue weighted by molar-refractivity contribution is 9.10. The van der Waals surface area contributed by atoms with Crippen LogP contribution in [0.25, 0.3) is 0 Å². The number of carbonyl (C=O) groups excluding carboxylic acids is 1. The number of thioether (sulfide) groups is 1. The fraction of sp³-hybridized carbons (Fsp3) is 0.533. The molecule has 0 atom stereocenters. The minimum absolute atomic E-state index is 0.0656. The first-order valence-corrected chi connectivity index (χ1v) is 8.41. The number of carbonyl (C=O) groups is 1. The van der Waals surface area contributed by atoms with Gasteiger partial charge in [0, 0.05) is 21.5 Å². The molecule has 0 unspecified atom stereocenters. The topological polar surface area (TPSA) is 38.3 Å². The zero-order chi connectivity index (χ0) is 15.2. The molecule has 1 rings (SSSR count). The van der Waals surface area contributed by atoms with E-state index in [1.807, 2.05) is 19.1 Å². The minimum atomic E-state index is -0.174. The lowest BCUT2D eigenvalue weighted by Gasteiger charge is -2.21. The van der Waals surface area contributed by atoms with E-state index >= 15 is 0 Å². The van der Waals surface area contributed by atoms with Gasteiger partial charge in [0.25, 0.3) is 0 Å². The fourth-order valence-corrected chi connectivity index (χ4v) is 2.91. The van der Waals surface area contributed by atoms with Gasteiger partial charge in [0.1, 0.15) is 0 Å². The molecule has 1 N–H and O–H groups in total. The van der Waals surface area contributed by atoms with Gasteiger partial charge in [-0.05, 0) is 45.4 Å². The summed E-state index contributed by atoms with van der Waals surface area (Å²) >= 11 is 4.99. The van der Waals surface area contributed by atoms with Crippen LogP contribution in [0.4, 0.5) is 0 Å². The molecule has 0 aliphatic heterocycles. The number of rotatable bonds is 6. The van der Waals surface area contributed by atoms with Crippen LogP contribution < -0.4 is 5.32 Å². The van der Waals surface area contributed by atoms with Gasteiger partial charge in [0.15, 0.2) is 0 Å². The lowest BCUT2D eigenvalue weighted by molar-refractivity contribution is -0.139. The molecule has 1 aromatic carbocycles. The highest BCUT2D eigenvalue weighted by atomic mass is 79.9. The first-order valence-electron chi connectivity index (χ1n) is 6.63. The minimum Gasteiger partial charge on any atom is -0.465 e. The number of halogens is 1. The highest BCUT2D eigenvalue weighted by Gasteiger charge is 2.12. The number of nitrogens with one attached hydrogen (secondary N) is 1. The molecule has 20 heavy (non-hydrogen) atoms. The summed E-state index contributed by atoms with van der Waals surface area (Å²) in [6.07, 6.45) is 0. The predicted octanol–water partition coefficient (Wildman–Crippen LogP) is 3.99. The van der Waals surface area contributed by atoms with Crippen molar-refractivity contribution in [2.45, 2.75) is 44.7 Å². The van der Waals surface area contributed by atoms with Crippen LogP contribution in [0.5, 0.6) is 0 Å². The summed E-state index contributed by atoms with van der Waals surface area (Å²) in [6, 6.07) is 6.15. The molecule has 112 valence electrons. The number of esters is 1. The van der Waals surface area contributed by atoms with Crippen LogP contribution in [0.2, 0.25) is 0 Å². The van der Waals surface area contributed by atoms with Crippen LogP contribution in [0.1, 0.15) is 33.3 Å². The molecule has 0 aliphatic rings. The van der Waals surface area contributed by atoms with E-state index in [0.717, 1.165) is 15.9 Å². The Kier molecular flexibility index (Phi) is 7.06. The largest absolute Gasteiger partial charge is 0.465 e. The standard InChI is InChI=1S/C15H22BrNO2S/c1-5-19-14(18)10-20-13-8-12(16)7-6-11(13)9-17-15(2,3)4/h6-8,17H,5,9-10H2,1-4H3. The smallest absolute Gasteiger partial charge is 0.316 e. The summed E-state index contributed by atoms with van der Waals surface area (Å²) < 4.78 is 5.98. The van der Waals surface area contributed by atoms with Gasteiger partial charge < -0.3 is 10.1 Å². The van der Waals surface area contributed by atoms with E-state index in [1.54, 1.807) is 0 Å². The maximum Gasteiger partial charge on any atom is 0.316 e. The van der Waals surface area contributed by atoms with E-state index in [9.17, 15) is 4.79 Å². The van der Waals surface area contributed by atoms with Crippen molar-refractivity contribution in [2.24, 2.45) is 0 Å². The molecule has 0 spiro atoms. The Morgan fingerprint density at radius 2 is 2.10 bits per heavy atom. The van der Waals surface area contributed by atoms with E-state index in [2.05, 4.69) is 48.1 Å². The van der Waals surface area contributed by atoms with Crippen LogP contribution in [0.3, 0.4) is 0 Å². The normalized spacial score (nSPS) is 11.4. The van der Waals surface area contributed by atoms with Crippen molar-refractivity contribution in [1.82, 2.24) is 5.32 Å². The predicted molar refractivity (Wildman–Crippen MR) is 88.1 cm³/mol. The summed E-state index contributed by atoms with van der Waals surface area (Å²) in [4.78, 5) is 12.6. The SMILES string of the molecule is CCOC(=O)CSc1cc(Br)ccc1CNC(C)(C)C. The summed E-state index contributed by atoms with van der Waals surface area (Å²) in [5.41, 5.74) is 1.26. The van der Waals surface area contributed by atoms with Crippen molar-refractivity contribution in [3.63, 3.8) is 0 Å². The van der Waals surface area contributed by atoms with Crippen molar-refractivity contribution < 1.29 is 9.53 Å². The van der Waals surface area contributed by atoms with Gasteiger partial charge in [-0.1, -0.05) is 22.0 Å². The van der Waals surface area contributed by atoms with Gasteiger partial charge in [-0.2, -0.15) is 0 Å². The number of benzene rings is 1. The molecule has 0 aromatic heterocycles. The van der Waals surface area contributed by atoms with Gasteiger partial charge in [-0.25, -0.2) is 0 Å². The van der Waals surface area contributed by atoms with E-state index in [4.69, 9.17) is 4.74 Å². The summed E-state index contributed by atoms with van der Waals surface area (Å²) in [7, 11) is 0. The van der Waals surface area contributed by atoms with Crippen LogP contribution in [-0.4, -0.2) is 23.9 Å². The second kappa shape index (κ2) is 8.05. The number of hydrogen-bond acceptors (Lipinski definition) is 4. The van der Waals surface area contributed by atoms with Crippen molar-refractivity contribution in [1.29, 1.82) is 0 Å². The van der Waals surface area contributed by atoms with Crippen LogP contribution in [0.15, 0.2) is 27.6 Å². The van der Waals surface area contributed by atoms with Crippen molar-refractivity contribution >= 4 is 33.7 Å². The molecule has 3 nitrogen and oxygen atoms in total. The Hall–Kier alpha value is -0.520. The van der Waals surface area contributed by atoms with E-state index < -0.39 is 0 Å². The summed E-state index contributed by atoms with van der Waals surface area (Å²) in [6.45, 7) is 9.43. The third kappa shape index (κ3) is 6.77. The maximum absolute atomic E-state index is 11.5. The Morgan fingerprint density at radius 1 is 1.40 bits per heavy atom. The molecular formula is C15H22BrNO2S. The lowest BCUT2D eigenvalue weighted by Crippen LogP contribution is -2.35. The molecule has 0 saturated carbocycles.